The Balaban J connectivity index is 1.74. The van der Waals surface area contributed by atoms with Gasteiger partial charge in [-0.25, -0.2) is 9.78 Å². The van der Waals surface area contributed by atoms with Crippen LogP contribution in [0.2, 0.25) is 0 Å². The van der Waals surface area contributed by atoms with E-state index in [1.165, 1.54) is 6.92 Å². The number of hydrogen-bond donors (Lipinski definition) is 0. The number of ether oxygens (including phenoxy) is 3. The summed E-state index contributed by atoms with van der Waals surface area (Å²) in [6.45, 7) is 7.64. The molecule has 1 spiro atoms. The summed E-state index contributed by atoms with van der Waals surface area (Å²) in [5, 5.41) is 0. The second-order valence-corrected chi connectivity index (χ2v) is 7.88. The van der Waals surface area contributed by atoms with Crippen molar-refractivity contribution < 1.29 is 28.8 Å². The second kappa shape index (κ2) is 5.15. The minimum Gasteiger partial charge on any atom is -0.436 e. The summed E-state index contributed by atoms with van der Waals surface area (Å²) in [4.78, 5) is 23.2. The number of hydrogen-bond acceptors (Lipinski definition) is 6. The maximum absolute atomic E-state index is 11.4. The minimum absolute atomic E-state index is 0.0415. The highest BCUT2D eigenvalue weighted by atomic mass is 17.3. The van der Waals surface area contributed by atoms with Crippen LogP contribution >= 0.6 is 0 Å². The Kier molecular flexibility index (Phi) is 3.54. The molecule has 2 bridgehead atoms. The van der Waals surface area contributed by atoms with E-state index in [-0.39, 0.29) is 17.8 Å². The molecule has 1 saturated carbocycles. The molecule has 0 radical (unpaired) electrons. The molecule has 1 aliphatic carbocycles. The number of rotatable bonds is 1. The van der Waals surface area contributed by atoms with Gasteiger partial charge < -0.3 is 14.2 Å². The summed E-state index contributed by atoms with van der Waals surface area (Å²) in [6, 6.07) is 0. The Morgan fingerprint density at radius 1 is 1.13 bits per heavy atom. The average molecular weight is 326 g/mol. The summed E-state index contributed by atoms with van der Waals surface area (Å²) >= 11 is 0. The van der Waals surface area contributed by atoms with Crippen LogP contribution in [0.1, 0.15) is 53.4 Å². The minimum atomic E-state index is -0.793. The Morgan fingerprint density at radius 3 is 2.65 bits per heavy atom. The fourth-order valence-electron chi connectivity index (χ4n) is 5.17. The van der Waals surface area contributed by atoms with Gasteiger partial charge in [-0.05, 0) is 38.0 Å². The lowest BCUT2D eigenvalue weighted by molar-refractivity contribution is -0.576. The molecular weight excluding hydrogens is 300 g/mol. The molecule has 0 amide bonds. The second-order valence-electron chi connectivity index (χ2n) is 7.88. The van der Waals surface area contributed by atoms with E-state index in [0.29, 0.717) is 11.8 Å². The summed E-state index contributed by atoms with van der Waals surface area (Å²) in [6.07, 6.45) is 2.78. The SMILES string of the molecule is CC(=O)OC1OC2OC3(C)CCC4[C@H](C)CCC([C@H]1C)[C@@]24OO3. The Labute approximate surface area is 136 Å². The first kappa shape index (κ1) is 15.8. The van der Waals surface area contributed by atoms with Crippen molar-refractivity contribution in [2.75, 3.05) is 0 Å². The molecule has 8 atom stereocenters. The fraction of sp³-hybridized carbons (Fsp3) is 0.941. The van der Waals surface area contributed by atoms with Crippen molar-refractivity contribution >= 4 is 5.97 Å². The predicted octanol–water partition coefficient (Wildman–Crippen LogP) is 2.76. The lowest BCUT2D eigenvalue weighted by Crippen LogP contribution is -2.70. The van der Waals surface area contributed by atoms with E-state index in [4.69, 9.17) is 24.0 Å². The summed E-state index contributed by atoms with van der Waals surface area (Å²) in [5.74, 6) is -0.0347. The molecule has 23 heavy (non-hydrogen) atoms. The molecule has 0 aromatic rings. The van der Waals surface area contributed by atoms with Crippen molar-refractivity contribution in [1.82, 2.24) is 0 Å². The van der Waals surface area contributed by atoms with E-state index >= 15 is 0 Å². The maximum atomic E-state index is 11.4. The predicted molar refractivity (Wildman–Crippen MR) is 78.6 cm³/mol. The van der Waals surface area contributed by atoms with E-state index in [1.54, 1.807) is 0 Å². The molecule has 4 heterocycles. The van der Waals surface area contributed by atoms with Gasteiger partial charge in [-0.3, -0.25) is 4.79 Å². The van der Waals surface area contributed by atoms with Crippen LogP contribution in [0.5, 0.6) is 0 Å². The van der Waals surface area contributed by atoms with Crippen molar-refractivity contribution in [3.63, 3.8) is 0 Å². The molecule has 4 saturated heterocycles. The summed E-state index contributed by atoms with van der Waals surface area (Å²) in [5.41, 5.74) is -0.594. The van der Waals surface area contributed by atoms with E-state index in [1.807, 2.05) is 6.92 Å². The van der Waals surface area contributed by atoms with Crippen molar-refractivity contribution in [2.45, 2.75) is 77.3 Å². The van der Waals surface area contributed by atoms with E-state index in [0.717, 1.165) is 25.7 Å². The molecular formula is C17H26O6. The van der Waals surface area contributed by atoms with E-state index in [9.17, 15) is 4.79 Å². The van der Waals surface area contributed by atoms with Crippen molar-refractivity contribution in [2.24, 2.45) is 23.7 Å². The van der Waals surface area contributed by atoms with Crippen LogP contribution in [0.4, 0.5) is 0 Å². The third kappa shape index (κ3) is 2.18. The molecule has 5 aliphatic rings. The number of fused-ring (bicyclic) bond motifs is 2. The molecule has 0 aromatic heterocycles. The van der Waals surface area contributed by atoms with Crippen LogP contribution in [0.25, 0.3) is 0 Å². The van der Waals surface area contributed by atoms with Crippen LogP contribution < -0.4 is 0 Å². The number of esters is 1. The zero-order valence-electron chi connectivity index (χ0n) is 14.2. The standard InChI is InChI=1S/C17H26O6/c1-9-5-6-13-10(2)14(19-11(3)18)20-15-17(13)12(9)7-8-16(4,21-15)22-23-17/h9-10,12-15H,5-8H2,1-4H3/t9-,10-,12?,13?,14?,15?,16?,17-/m1/s1. The summed E-state index contributed by atoms with van der Waals surface area (Å²) in [7, 11) is 0. The molecule has 5 unspecified atom stereocenters. The zero-order chi connectivity index (χ0) is 16.4. The van der Waals surface area contributed by atoms with Gasteiger partial charge in [0.2, 0.25) is 12.1 Å². The molecule has 0 N–H and O–H groups in total. The average Bonchev–Trinajstić information content (AvgIpc) is 2.70. The van der Waals surface area contributed by atoms with Gasteiger partial charge in [-0.2, -0.15) is 0 Å². The quantitative estimate of drug-likeness (QED) is 0.545. The van der Waals surface area contributed by atoms with Gasteiger partial charge in [0.25, 0.3) is 0 Å². The van der Waals surface area contributed by atoms with Crippen molar-refractivity contribution in [3.8, 4) is 0 Å². The first-order chi connectivity index (χ1) is 10.9. The highest BCUT2D eigenvalue weighted by Crippen LogP contribution is 2.60. The van der Waals surface area contributed by atoms with E-state index in [2.05, 4.69) is 13.8 Å². The molecule has 5 rings (SSSR count). The Morgan fingerprint density at radius 2 is 1.91 bits per heavy atom. The third-order valence-electron chi connectivity index (χ3n) is 6.38. The number of carbonyl (C=O) groups is 1. The molecule has 130 valence electrons. The van der Waals surface area contributed by atoms with Gasteiger partial charge in [0.05, 0.1) is 0 Å². The molecule has 6 nitrogen and oxygen atoms in total. The Bertz CT molecular complexity index is 509. The molecule has 0 aromatic carbocycles. The smallest absolute Gasteiger partial charge is 0.304 e. The lowest BCUT2D eigenvalue weighted by Gasteiger charge is -2.59. The first-order valence-electron chi connectivity index (χ1n) is 8.73. The van der Waals surface area contributed by atoms with Gasteiger partial charge in [-0.1, -0.05) is 13.8 Å². The molecule has 4 aliphatic heterocycles. The van der Waals surface area contributed by atoms with Gasteiger partial charge in [0.15, 0.2) is 11.9 Å². The lowest BCUT2D eigenvalue weighted by atomic mass is 9.58. The zero-order valence-corrected chi connectivity index (χ0v) is 14.2. The largest absolute Gasteiger partial charge is 0.436 e. The van der Waals surface area contributed by atoms with Crippen LogP contribution in [-0.2, 0) is 28.8 Å². The highest BCUT2D eigenvalue weighted by Gasteiger charge is 2.69. The first-order valence-corrected chi connectivity index (χ1v) is 8.73. The number of carbonyl (C=O) groups excluding carboxylic acids is 1. The topological polar surface area (TPSA) is 63.2 Å². The van der Waals surface area contributed by atoms with Gasteiger partial charge in [0.1, 0.15) is 0 Å². The van der Waals surface area contributed by atoms with Crippen LogP contribution in [-0.4, -0.2) is 29.9 Å². The van der Waals surface area contributed by atoms with Gasteiger partial charge in [0, 0.05) is 25.2 Å². The third-order valence-corrected chi connectivity index (χ3v) is 6.38. The maximum Gasteiger partial charge on any atom is 0.304 e. The molecule has 5 fully saturated rings. The summed E-state index contributed by atoms with van der Waals surface area (Å²) < 4.78 is 17.7. The van der Waals surface area contributed by atoms with Gasteiger partial charge >= 0.3 is 5.97 Å². The normalized spacial score (nSPS) is 55.0. The Hall–Kier alpha value is -0.690. The van der Waals surface area contributed by atoms with Crippen LogP contribution in [0.15, 0.2) is 0 Å². The highest BCUT2D eigenvalue weighted by molar-refractivity contribution is 5.66. The van der Waals surface area contributed by atoms with E-state index < -0.39 is 24.0 Å². The van der Waals surface area contributed by atoms with Crippen LogP contribution in [0.3, 0.4) is 0 Å². The van der Waals surface area contributed by atoms with Gasteiger partial charge in [-0.15, -0.1) is 0 Å². The molecule has 6 heteroatoms. The van der Waals surface area contributed by atoms with Crippen molar-refractivity contribution in [3.05, 3.63) is 0 Å². The fourth-order valence-corrected chi connectivity index (χ4v) is 5.17. The van der Waals surface area contributed by atoms with Crippen molar-refractivity contribution in [1.29, 1.82) is 0 Å². The monoisotopic (exact) mass is 326 g/mol. The van der Waals surface area contributed by atoms with Crippen LogP contribution in [0, 0.1) is 23.7 Å².